The van der Waals surface area contributed by atoms with Gasteiger partial charge < -0.3 is 24.6 Å². The van der Waals surface area contributed by atoms with E-state index in [0.29, 0.717) is 5.75 Å². The summed E-state index contributed by atoms with van der Waals surface area (Å²) in [4.78, 5) is 10.2. The highest BCUT2D eigenvalue weighted by molar-refractivity contribution is 9.25. The van der Waals surface area contributed by atoms with Crippen molar-refractivity contribution in [2.24, 2.45) is 5.41 Å². The normalized spacial score (nSPS) is 11.7. The molecular formula is C8H16O6S4. The summed E-state index contributed by atoms with van der Waals surface area (Å²) in [7, 11) is 4.11. The van der Waals surface area contributed by atoms with E-state index in [1.54, 1.807) is 0 Å². The maximum atomic E-state index is 10.2. The van der Waals surface area contributed by atoms with Crippen molar-refractivity contribution in [2.75, 3.05) is 32.2 Å². The summed E-state index contributed by atoms with van der Waals surface area (Å²) in [6.45, 7) is -1.03. The number of carboxylic acid groups (broad SMARTS) is 1. The van der Waals surface area contributed by atoms with Gasteiger partial charge in [-0.05, 0) is 9.83 Å². The highest BCUT2D eigenvalue weighted by atomic mass is 33.7. The third-order valence-electron chi connectivity index (χ3n) is 1.92. The van der Waals surface area contributed by atoms with Crippen molar-refractivity contribution in [2.45, 2.75) is 6.42 Å². The molecule has 0 aliphatic rings. The van der Waals surface area contributed by atoms with Crippen LogP contribution in [-0.2, 0) is 8.98 Å². The number of aliphatic hydroxyl groups is 3. The molecule has 0 amide bonds. The van der Waals surface area contributed by atoms with Gasteiger partial charge in [-0.2, -0.15) is 0 Å². The molecule has 0 aromatic carbocycles. The quantitative estimate of drug-likeness (QED) is 0.234. The number of rotatable bonds is 12. The molecule has 0 fully saturated rings. The van der Waals surface area contributed by atoms with Crippen molar-refractivity contribution in [1.29, 1.82) is 0 Å². The highest BCUT2D eigenvalue weighted by Crippen LogP contribution is 2.43. The fourth-order valence-corrected chi connectivity index (χ4v) is 5.47. The molecule has 0 spiro atoms. The molecule has 0 aromatic rings. The molecule has 0 saturated carbocycles. The lowest BCUT2D eigenvalue weighted by Crippen LogP contribution is -2.37. The second-order valence-corrected chi connectivity index (χ2v) is 9.08. The highest BCUT2D eigenvalue weighted by Gasteiger charge is 2.28. The summed E-state index contributed by atoms with van der Waals surface area (Å²) >= 11 is 1.06. The fourth-order valence-electron chi connectivity index (χ4n) is 0.650. The van der Waals surface area contributed by atoms with Crippen molar-refractivity contribution >= 4 is 47.5 Å². The molecule has 0 saturated heterocycles. The van der Waals surface area contributed by atoms with Crippen LogP contribution in [0, 0.1) is 5.41 Å². The van der Waals surface area contributed by atoms with E-state index in [0.717, 1.165) is 11.1 Å². The van der Waals surface area contributed by atoms with Gasteiger partial charge >= 0.3 is 5.97 Å². The van der Waals surface area contributed by atoms with Crippen molar-refractivity contribution in [3.05, 3.63) is 0 Å². The maximum Gasteiger partial charge on any atom is 0.304 e. The molecule has 0 heterocycles. The number of hydrogen-bond acceptors (Lipinski definition) is 9. The summed E-state index contributed by atoms with van der Waals surface area (Å²) in [5.74, 6) is -0.308. The Kier molecular flexibility index (Phi) is 12.0. The first-order valence-corrected chi connectivity index (χ1v) is 9.80. The minimum absolute atomic E-state index is 0.0362. The van der Waals surface area contributed by atoms with Gasteiger partial charge in [-0.1, -0.05) is 10.8 Å². The number of carbonyl (C=O) groups is 1. The van der Waals surface area contributed by atoms with Gasteiger partial charge in [0, 0.05) is 15.6 Å². The summed E-state index contributed by atoms with van der Waals surface area (Å²) in [5.41, 5.74) is -1.02. The topological polar surface area (TPSA) is 107 Å². The summed E-state index contributed by atoms with van der Waals surface area (Å²) in [6.07, 6.45) is 0.117. The third kappa shape index (κ3) is 8.75. The molecule has 18 heavy (non-hydrogen) atoms. The summed E-state index contributed by atoms with van der Waals surface area (Å²) in [6, 6.07) is 0. The number of aliphatic carboxylic acids is 1. The Morgan fingerprint density at radius 1 is 1.11 bits per heavy atom. The largest absolute Gasteiger partial charge is 0.481 e. The van der Waals surface area contributed by atoms with Crippen molar-refractivity contribution in [1.82, 2.24) is 0 Å². The lowest BCUT2D eigenvalue weighted by molar-refractivity contribution is -0.136. The zero-order valence-electron chi connectivity index (χ0n) is 9.48. The van der Waals surface area contributed by atoms with Crippen LogP contribution in [-0.4, -0.2) is 58.6 Å². The van der Waals surface area contributed by atoms with Crippen LogP contribution in [0.25, 0.3) is 0 Å². The molecule has 0 rings (SSSR count). The standard InChI is InChI=1S/C8H16O6S4/c9-3-8(4-10,5-11)6-14-16-18-17-15-2-1-7(12)13/h9-11H,1-6H2,(H,12,13). The Labute approximate surface area is 121 Å². The fraction of sp³-hybridized carbons (Fsp3) is 0.875. The SMILES string of the molecule is O=C(O)CCSSSSOCC(CO)(CO)CO. The van der Waals surface area contributed by atoms with Gasteiger partial charge in [0.15, 0.2) is 0 Å². The Balaban J connectivity index is 3.47. The van der Waals surface area contributed by atoms with Crippen LogP contribution < -0.4 is 0 Å². The lowest BCUT2D eigenvalue weighted by Gasteiger charge is -2.25. The molecule has 0 unspecified atom stereocenters. The van der Waals surface area contributed by atoms with Gasteiger partial charge in [0.2, 0.25) is 0 Å². The first-order chi connectivity index (χ1) is 8.60. The van der Waals surface area contributed by atoms with E-state index in [2.05, 4.69) is 0 Å². The molecule has 0 aliphatic carbocycles. The van der Waals surface area contributed by atoms with Crippen LogP contribution in [0.5, 0.6) is 0 Å². The molecule has 0 aliphatic heterocycles. The number of aliphatic hydroxyl groups excluding tert-OH is 3. The monoisotopic (exact) mass is 336 g/mol. The van der Waals surface area contributed by atoms with Crippen LogP contribution in [0.15, 0.2) is 0 Å². The Hall–Kier alpha value is 0.710. The molecule has 0 bridgehead atoms. The van der Waals surface area contributed by atoms with E-state index >= 15 is 0 Å². The van der Waals surface area contributed by atoms with E-state index in [9.17, 15) is 4.79 Å². The minimum Gasteiger partial charge on any atom is -0.481 e. The number of hydrogen-bond donors (Lipinski definition) is 4. The van der Waals surface area contributed by atoms with Gasteiger partial charge in [-0.3, -0.25) is 4.79 Å². The smallest absolute Gasteiger partial charge is 0.304 e. The summed E-state index contributed by atoms with van der Waals surface area (Å²) in [5, 5.41) is 35.5. The second-order valence-electron chi connectivity index (χ2n) is 3.41. The first-order valence-electron chi connectivity index (χ1n) is 4.89. The van der Waals surface area contributed by atoms with Crippen LogP contribution in [0.1, 0.15) is 6.42 Å². The summed E-state index contributed by atoms with van der Waals surface area (Å²) < 4.78 is 5.15. The Morgan fingerprint density at radius 3 is 2.22 bits per heavy atom. The van der Waals surface area contributed by atoms with Gasteiger partial charge in [-0.15, -0.1) is 0 Å². The second kappa shape index (κ2) is 11.5. The van der Waals surface area contributed by atoms with Gasteiger partial charge in [0.1, 0.15) is 0 Å². The molecule has 108 valence electrons. The predicted molar refractivity (Wildman–Crippen MR) is 77.1 cm³/mol. The van der Waals surface area contributed by atoms with Gasteiger partial charge in [-0.25, -0.2) is 0 Å². The van der Waals surface area contributed by atoms with E-state index < -0.39 is 11.4 Å². The van der Waals surface area contributed by atoms with Crippen molar-refractivity contribution in [3.63, 3.8) is 0 Å². The number of carboxylic acids is 1. The first kappa shape index (κ1) is 18.7. The average molecular weight is 336 g/mol. The molecule has 6 nitrogen and oxygen atoms in total. The molecule has 0 aromatic heterocycles. The molecular weight excluding hydrogens is 320 g/mol. The third-order valence-corrected chi connectivity index (χ3v) is 7.49. The molecule has 0 radical (unpaired) electrons. The lowest BCUT2D eigenvalue weighted by atomic mass is 9.93. The van der Waals surface area contributed by atoms with Crippen molar-refractivity contribution < 1.29 is 29.4 Å². The van der Waals surface area contributed by atoms with Crippen LogP contribution in [0.2, 0.25) is 0 Å². The average Bonchev–Trinajstić information content (AvgIpc) is 2.38. The van der Waals surface area contributed by atoms with E-state index in [1.807, 2.05) is 0 Å². The Morgan fingerprint density at radius 2 is 1.72 bits per heavy atom. The van der Waals surface area contributed by atoms with E-state index in [4.69, 9.17) is 24.6 Å². The van der Waals surface area contributed by atoms with Crippen molar-refractivity contribution in [3.8, 4) is 0 Å². The predicted octanol–water partition coefficient (Wildman–Crippen LogP) is 1.03. The van der Waals surface area contributed by atoms with E-state index in [1.165, 1.54) is 30.4 Å². The minimum atomic E-state index is -1.02. The molecule has 0 atom stereocenters. The molecule has 4 N–H and O–H groups in total. The maximum absolute atomic E-state index is 10.2. The van der Waals surface area contributed by atoms with Crippen LogP contribution in [0.3, 0.4) is 0 Å². The van der Waals surface area contributed by atoms with Crippen LogP contribution in [0.4, 0.5) is 0 Å². The van der Waals surface area contributed by atoms with Gasteiger partial charge in [0.05, 0.1) is 49.3 Å². The zero-order valence-corrected chi connectivity index (χ0v) is 12.7. The van der Waals surface area contributed by atoms with E-state index in [-0.39, 0.29) is 32.8 Å². The molecule has 10 heteroatoms. The van der Waals surface area contributed by atoms with Crippen LogP contribution >= 0.6 is 41.5 Å². The van der Waals surface area contributed by atoms with Gasteiger partial charge in [0.25, 0.3) is 0 Å². The zero-order chi connectivity index (χ0) is 13.9. The Bertz CT molecular complexity index is 217.